The summed E-state index contributed by atoms with van der Waals surface area (Å²) in [7, 11) is -1.65. The third-order valence-electron chi connectivity index (χ3n) is 6.25. The van der Waals surface area contributed by atoms with Gasteiger partial charge in [0.15, 0.2) is 8.32 Å². The van der Waals surface area contributed by atoms with Crippen molar-refractivity contribution in [2.24, 2.45) is 0 Å². The van der Waals surface area contributed by atoms with Gasteiger partial charge in [-0.15, -0.1) is 0 Å². The van der Waals surface area contributed by atoms with Gasteiger partial charge in [-0.3, -0.25) is 0 Å². The number of unbranched alkanes of at least 4 members (excludes halogenated alkanes) is 9. The van der Waals surface area contributed by atoms with Crippen molar-refractivity contribution in [1.82, 2.24) is 0 Å². The zero-order valence-electron chi connectivity index (χ0n) is 19.5. The summed E-state index contributed by atoms with van der Waals surface area (Å²) >= 11 is 0. The summed E-state index contributed by atoms with van der Waals surface area (Å²) in [5, 5.41) is 0. The Hall–Kier alpha value is -0.603. The van der Waals surface area contributed by atoms with Crippen LogP contribution in [0.25, 0.3) is 0 Å². The Balaban J connectivity index is 2.79. The second kappa shape index (κ2) is 16.2. The molecule has 0 N–H and O–H groups in total. The Kier molecular flexibility index (Phi) is 14.7. The van der Waals surface area contributed by atoms with Crippen molar-refractivity contribution in [3.05, 3.63) is 35.4 Å². The predicted molar refractivity (Wildman–Crippen MR) is 129 cm³/mol. The Labute approximate surface area is 177 Å². The molecule has 0 unspecified atom stereocenters. The SMILES string of the molecule is CCCCCC[Si](CCCCCC)(CCCCCC)OCc1ccccc1C. The average Bonchev–Trinajstić information content (AvgIpc) is 2.71. The number of benzene rings is 1. The van der Waals surface area contributed by atoms with Crippen molar-refractivity contribution in [2.45, 2.75) is 129 Å². The molecule has 1 aromatic carbocycles. The van der Waals surface area contributed by atoms with Gasteiger partial charge in [-0.2, -0.15) is 0 Å². The summed E-state index contributed by atoms with van der Waals surface area (Å²) in [5.41, 5.74) is 2.78. The van der Waals surface area contributed by atoms with Crippen LogP contribution >= 0.6 is 0 Å². The van der Waals surface area contributed by atoms with Crippen molar-refractivity contribution < 1.29 is 4.43 Å². The molecular weight excluding hydrogens is 356 g/mol. The minimum Gasteiger partial charge on any atom is -0.413 e. The molecule has 0 spiro atoms. The Morgan fingerprint density at radius 3 is 1.54 bits per heavy atom. The van der Waals surface area contributed by atoms with E-state index in [4.69, 9.17) is 4.43 Å². The Morgan fingerprint density at radius 1 is 0.643 bits per heavy atom. The van der Waals surface area contributed by atoms with E-state index in [0.29, 0.717) is 0 Å². The number of hydrogen-bond acceptors (Lipinski definition) is 1. The van der Waals surface area contributed by atoms with Crippen molar-refractivity contribution in [3.63, 3.8) is 0 Å². The molecule has 1 rings (SSSR count). The lowest BCUT2D eigenvalue weighted by atomic mass is 10.1. The van der Waals surface area contributed by atoms with Gasteiger partial charge < -0.3 is 4.43 Å². The fraction of sp³-hybridized carbons (Fsp3) is 0.769. The normalized spacial score (nSPS) is 11.9. The monoisotopic (exact) mass is 404 g/mol. The quantitative estimate of drug-likeness (QED) is 0.175. The fourth-order valence-corrected chi connectivity index (χ4v) is 8.54. The molecule has 0 aliphatic carbocycles. The molecule has 0 bridgehead atoms. The number of aryl methyl sites for hydroxylation is 1. The molecule has 0 heterocycles. The van der Waals surface area contributed by atoms with Gasteiger partial charge in [0, 0.05) is 0 Å². The van der Waals surface area contributed by atoms with Crippen LogP contribution in [-0.2, 0) is 11.0 Å². The smallest absolute Gasteiger partial charge is 0.193 e. The molecule has 28 heavy (non-hydrogen) atoms. The van der Waals surface area contributed by atoms with E-state index in [1.165, 1.54) is 106 Å². The first kappa shape index (κ1) is 25.4. The third-order valence-corrected chi connectivity index (χ3v) is 10.8. The zero-order chi connectivity index (χ0) is 20.5. The topological polar surface area (TPSA) is 9.23 Å². The van der Waals surface area contributed by atoms with E-state index in [2.05, 4.69) is 52.0 Å². The molecule has 2 heteroatoms. The minimum absolute atomic E-state index is 0.841. The van der Waals surface area contributed by atoms with Gasteiger partial charge in [0.2, 0.25) is 0 Å². The number of rotatable bonds is 18. The van der Waals surface area contributed by atoms with Crippen LogP contribution in [0.15, 0.2) is 24.3 Å². The second-order valence-corrected chi connectivity index (χ2v) is 13.0. The maximum Gasteiger partial charge on any atom is 0.193 e. The van der Waals surface area contributed by atoms with E-state index >= 15 is 0 Å². The van der Waals surface area contributed by atoms with E-state index in [0.717, 1.165) is 6.61 Å². The lowest BCUT2D eigenvalue weighted by molar-refractivity contribution is 0.280. The van der Waals surface area contributed by atoms with Gasteiger partial charge in [0.05, 0.1) is 6.61 Å². The molecule has 162 valence electrons. The Morgan fingerprint density at radius 2 is 1.11 bits per heavy atom. The van der Waals surface area contributed by atoms with Crippen LogP contribution in [0.5, 0.6) is 0 Å². The first-order chi connectivity index (χ1) is 13.7. The predicted octanol–water partition coefficient (Wildman–Crippen LogP) is 9.20. The largest absolute Gasteiger partial charge is 0.413 e. The molecule has 0 radical (unpaired) electrons. The lowest BCUT2D eigenvalue weighted by Gasteiger charge is -2.32. The summed E-state index contributed by atoms with van der Waals surface area (Å²) in [4.78, 5) is 0. The van der Waals surface area contributed by atoms with Crippen molar-refractivity contribution >= 4 is 8.32 Å². The molecule has 0 aliphatic heterocycles. The number of hydrogen-bond donors (Lipinski definition) is 0. The van der Waals surface area contributed by atoms with Crippen LogP contribution in [0.4, 0.5) is 0 Å². The summed E-state index contributed by atoms with van der Waals surface area (Å²) in [5.74, 6) is 0. The Bertz CT molecular complexity index is 454. The zero-order valence-corrected chi connectivity index (χ0v) is 20.5. The van der Waals surface area contributed by atoms with E-state index in [9.17, 15) is 0 Å². The first-order valence-electron chi connectivity index (χ1n) is 12.4. The molecule has 0 fully saturated rings. The van der Waals surface area contributed by atoms with Gasteiger partial charge in [-0.25, -0.2) is 0 Å². The second-order valence-electron chi connectivity index (χ2n) is 8.83. The molecule has 1 nitrogen and oxygen atoms in total. The molecule has 0 saturated heterocycles. The third kappa shape index (κ3) is 10.8. The summed E-state index contributed by atoms with van der Waals surface area (Å²) < 4.78 is 6.98. The van der Waals surface area contributed by atoms with E-state index in [1.54, 1.807) is 0 Å². The van der Waals surface area contributed by atoms with Crippen LogP contribution in [-0.4, -0.2) is 8.32 Å². The molecule has 1 aromatic rings. The van der Waals surface area contributed by atoms with E-state index < -0.39 is 8.32 Å². The highest BCUT2D eigenvalue weighted by Gasteiger charge is 2.33. The molecule has 0 atom stereocenters. The molecule has 0 aliphatic rings. The molecule has 0 saturated carbocycles. The van der Waals surface area contributed by atoms with Crippen LogP contribution in [0, 0.1) is 6.92 Å². The highest BCUT2D eigenvalue weighted by atomic mass is 28.4. The highest BCUT2D eigenvalue weighted by molar-refractivity contribution is 6.73. The van der Waals surface area contributed by atoms with Crippen LogP contribution in [0.2, 0.25) is 18.1 Å². The van der Waals surface area contributed by atoms with Gasteiger partial charge in [0.25, 0.3) is 0 Å². The molecule has 0 amide bonds. The lowest BCUT2D eigenvalue weighted by Crippen LogP contribution is -2.38. The summed E-state index contributed by atoms with van der Waals surface area (Å²) in [6.07, 6.45) is 16.5. The van der Waals surface area contributed by atoms with Gasteiger partial charge in [-0.05, 0) is 36.2 Å². The molecule has 0 aromatic heterocycles. The van der Waals surface area contributed by atoms with Crippen molar-refractivity contribution in [1.29, 1.82) is 0 Å². The first-order valence-corrected chi connectivity index (χ1v) is 14.9. The van der Waals surface area contributed by atoms with Crippen molar-refractivity contribution in [3.8, 4) is 0 Å². The van der Waals surface area contributed by atoms with Gasteiger partial charge >= 0.3 is 0 Å². The van der Waals surface area contributed by atoms with Gasteiger partial charge in [-0.1, -0.05) is 122 Å². The molecular formula is C26H48OSi. The van der Waals surface area contributed by atoms with Crippen molar-refractivity contribution in [2.75, 3.05) is 0 Å². The van der Waals surface area contributed by atoms with Crippen LogP contribution in [0.3, 0.4) is 0 Å². The fourth-order valence-electron chi connectivity index (χ4n) is 4.22. The standard InChI is InChI=1S/C26H48OSi/c1-5-8-11-16-21-28(22-17-12-9-6-2,23-18-13-10-7-3)27-24-26-20-15-14-19-25(26)4/h14-15,19-20H,5-13,16-18,21-24H2,1-4H3. The minimum atomic E-state index is -1.65. The van der Waals surface area contributed by atoms with E-state index in [-0.39, 0.29) is 0 Å². The summed E-state index contributed by atoms with van der Waals surface area (Å²) in [6, 6.07) is 13.0. The van der Waals surface area contributed by atoms with Crippen LogP contribution in [0.1, 0.15) is 109 Å². The van der Waals surface area contributed by atoms with Crippen LogP contribution < -0.4 is 0 Å². The van der Waals surface area contributed by atoms with E-state index in [1.807, 2.05) is 0 Å². The average molecular weight is 405 g/mol. The maximum atomic E-state index is 6.98. The maximum absolute atomic E-state index is 6.98. The highest BCUT2D eigenvalue weighted by Crippen LogP contribution is 2.32. The summed E-state index contributed by atoms with van der Waals surface area (Å²) in [6.45, 7) is 10.0. The van der Waals surface area contributed by atoms with Gasteiger partial charge in [0.1, 0.15) is 0 Å².